The summed E-state index contributed by atoms with van der Waals surface area (Å²) in [5.74, 6) is 0.545. The van der Waals surface area contributed by atoms with Crippen molar-refractivity contribution in [2.45, 2.75) is 32.9 Å². The Balaban J connectivity index is 1.93. The Morgan fingerprint density at radius 2 is 2.16 bits per heavy atom. The molecule has 1 unspecified atom stereocenters. The Kier molecular flexibility index (Phi) is 5.58. The molecule has 2 N–H and O–H groups in total. The van der Waals surface area contributed by atoms with Crippen LogP contribution in [-0.2, 0) is 6.54 Å². The van der Waals surface area contributed by atoms with Crippen molar-refractivity contribution < 1.29 is 5.11 Å². The molecule has 0 aliphatic rings. The van der Waals surface area contributed by atoms with Gasteiger partial charge >= 0.3 is 0 Å². The van der Waals surface area contributed by atoms with Crippen molar-refractivity contribution in [3.8, 4) is 10.4 Å². The normalized spacial score (nSPS) is 13.1. The third-order valence-electron chi connectivity index (χ3n) is 3.24. The summed E-state index contributed by atoms with van der Waals surface area (Å²) < 4.78 is 0. The van der Waals surface area contributed by atoms with Crippen molar-refractivity contribution in [3.63, 3.8) is 0 Å². The van der Waals surface area contributed by atoms with Gasteiger partial charge in [0, 0.05) is 34.5 Å². The van der Waals surface area contributed by atoms with E-state index in [4.69, 9.17) is 5.11 Å². The van der Waals surface area contributed by atoms with Crippen LogP contribution in [-0.4, -0.2) is 17.8 Å². The Hall–Kier alpha value is -0.680. The van der Waals surface area contributed by atoms with Crippen LogP contribution in [0.3, 0.4) is 0 Å². The molecule has 2 rings (SSSR count). The van der Waals surface area contributed by atoms with Crippen molar-refractivity contribution in [2.75, 3.05) is 6.61 Å². The van der Waals surface area contributed by atoms with Crippen LogP contribution in [0.1, 0.15) is 25.1 Å². The zero-order chi connectivity index (χ0) is 13.7. The molecule has 19 heavy (non-hydrogen) atoms. The van der Waals surface area contributed by atoms with E-state index in [0.717, 1.165) is 13.0 Å². The van der Waals surface area contributed by atoms with E-state index in [-0.39, 0.29) is 6.61 Å². The minimum Gasteiger partial charge on any atom is -0.396 e. The lowest BCUT2D eigenvalue weighted by Gasteiger charge is -2.21. The predicted octanol–water partition coefficient (Wildman–Crippen LogP) is 3.97. The minimum atomic E-state index is 0.251. The zero-order valence-corrected chi connectivity index (χ0v) is 13.1. The van der Waals surface area contributed by atoms with Gasteiger partial charge in [-0.2, -0.15) is 0 Å². The molecule has 0 amide bonds. The smallest absolute Gasteiger partial charge is 0.0445 e. The molecular weight excluding hydrogens is 274 g/mol. The molecular formula is C15H21NOS2. The summed E-state index contributed by atoms with van der Waals surface area (Å²) in [6, 6.07) is 6.90. The second kappa shape index (κ2) is 7.20. The standard InChI is InChI=1S/C15H21NOS2/c1-11(2)14(5-6-17)16-9-13-8-12(10-19-13)15-4-3-7-18-15/h3-4,7-8,10-11,14,16-17H,5-6,9H2,1-2H3. The van der Waals surface area contributed by atoms with Crippen molar-refractivity contribution in [1.82, 2.24) is 5.32 Å². The van der Waals surface area contributed by atoms with Gasteiger partial charge in [-0.1, -0.05) is 19.9 Å². The molecule has 4 heteroatoms. The van der Waals surface area contributed by atoms with E-state index in [2.05, 4.69) is 48.1 Å². The third-order valence-corrected chi connectivity index (χ3v) is 5.10. The van der Waals surface area contributed by atoms with Crippen LogP contribution < -0.4 is 5.32 Å². The first-order valence-corrected chi connectivity index (χ1v) is 8.42. The first kappa shape index (κ1) is 14.7. The average molecular weight is 295 g/mol. The van der Waals surface area contributed by atoms with Crippen molar-refractivity contribution in [1.29, 1.82) is 0 Å². The fraction of sp³-hybridized carbons (Fsp3) is 0.467. The SMILES string of the molecule is CC(C)C(CCO)NCc1cc(-c2cccs2)cs1. The summed E-state index contributed by atoms with van der Waals surface area (Å²) in [6.07, 6.45) is 0.820. The Bertz CT molecular complexity index is 476. The second-order valence-electron chi connectivity index (χ2n) is 5.02. The number of rotatable bonds is 7. The monoisotopic (exact) mass is 295 g/mol. The number of nitrogens with one attached hydrogen (secondary N) is 1. The van der Waals surface area contributed by atoms with Gasteiger partial charge in [-0.3, -0.25) is 0 Å². The Morgan fingerprint density at radius 3 is 2.79 bits per heavy atom. The van der Waals surface area contributed by atoms with Crippen LogP contribution in [0.2, 0.25) is 0 Å². The summed E-state index contributed by atoms with van der Waals surface area (Å²) in [4.78, 5) is 2.69. The molecule has 0 bridgehead atoms. The lowest BCUT2D eigenvalue weighted by atomic mass is 10.0. The topological polar surface area (TPSA) is 32.3 Å². The molecule has 0 aliphatic heterocycles. The van der Waals surface area contributed by atoms with E-state index in [9.17, 15) is 0 Å². The first-order valence-electron chi connectivity index (χ1n) is 6.66. The van der Waals surface area contributed by atoms with Crippen LogP contribution in [0.4, 0.5) is 0 Å². The molecule has 0 fully saturated rings. The molecule has 0 radical (unpaired) electrons. The van der Waals surface area contributed by atoms with E-state index < -0.39 is 0 Å². The number of thiophene rings is 2. The molecule has 0 spiro atoms. The van der Waals surface area contributed by atoms with Crippen molar-refractivity contribution >= 4 is 22.7 Å². The zero-order valence-electron chi connectivity index (χ0n) is 11.4. The average Bonchev–Trinajstić information content (AvgIpc) is 3.04. The van der Waals surface area contributed by atoms with Gasteiger partial charge in [-0.25, -0.2) is 0 Å². The highest BCUT2D eigenvalue weighted by molar-refractivity contribution is 7.14. The summed E-state index contributed by atoms with van der Waals surface area (Å²) in [5, 5.41) is 17.0. The molecule has 2 nitrogen and oxygen atoms in total. The van der Waals surface area contributed by atoms with Gasteiger partial charge in [0.2, 0.25) is 0 Å². The van der Waals surface area contributed by atoms with Crippen LogP contribution in [0.25, 0.3) is 10.4 Å². The lowest BCUT2D eigenvalue weighted by molar-refractivity contribution is 0.244. The summed E-state index contributed by atoms with van der Waals surface area (Å²) in [6.45, 7) is 5.53. The molecule has 2 heterocycles. The predicted molar refractivity (Wildman–Crippen MR) is 84.8 cm³/mol. The highest BCUT2D eigenvalue weighted by Crippen LogP contribution is 2.29. The highest BCUT2D eigenvalue weighted by Gasteiger charge is 2.12. The molecule has 0 aliphatic carbocycles. The van der Waals surface area contributed by atoms with Crippen molar-refractivity contribution in [2.24, 2.45) is 5.92 Å². The number of aliphatic hydroxyl groups is 1. The van der Waals surface area contributed by atoms with E-state index >= 15 is 0 Å². The van der Waals surface area contributed by atoms with E-state index in [0.29, 0.717) is 12.0 Å². The van der Waals surface area contributed by atoms with Gasteiger partial charge in [0.1, 0.15) is 0 Å². The van der Waals surface area contributed by atoms with E-state index in [1.54, 1.807) is 22.7 Å². The maximum atomic E-state index is 9.08. The van der Waals surface area contributed by atoms with E-state index in [1.807, 2.05) is 0 Å². The first-order chi connectivity index (χ1) is 9.20. The molecule has 2 aromatic heterocycles. The van der Waals surface area contributed by atoms with Gasteiger partial charge in [0.15, 0.2) is 0 Å². The van der Waals surface area contributed by atoms with Crippen molar-refractivity contribution in [3.05, 3.63) is 33.8 Å². The second-order valence-corrected chi connectivity index (χ2v) is 6.97. The number of hydrogen-bond acceptors (Lipinski definition) is 4. The fourth-order valence-electron chi connectivity index (χ4n) is 2.09. The molecule has 0 aromatic carbocycles. The molecule has 0 saturated carbocycles. The summed E-state index contributed by atoms with van der Waals surface area (Å²) >= 11 is 3.58. The molecule has 2 aromatic rings. The van der Waals surface area contributed by atoms with Gasteiger partial charge in [-0.15, -0.1) is 22.7 Å². The molecule has 0 saturated heterocycles. The maximum absolute atomic E-state index is 9.08. The van der Waals surface area contributed by atoms with Gasteiger partial charge in [0.25, 0.3) is 0 Å². The molecule has 104 valence electrons. The van der Waals surface area contributed by atoms with E-state index in [1.165, 1.54) is 15.3 Å². The Labute approximate surface area is 123 Å². The van der Waals surface area contributed by atoms with Gasteiger partial charge < -0.3 is 10.4 Å². The lowest BCUT2D eigenvalue weighted by Crippen LogP contribution is -2.33. The third kappa shape index (κ3) is 4.14. The van der Waals surface area contributed by atoms with Crippen LogP contribution in [0.5, 0.6) is 0 Å². The summed E-state index contributed by atoms with van der Waals surface area (Å²) in [5.41, 5.74) is 1.32. The summed E-state index contributed by atoms with van der Waals surface area (Å²) in [7, 11) is 0. The fourth-order valence-corrected chi connectivity index (χ4v) is 3.71. The number of aliphatic hydroxyl groups excluding tert-OH is 1. The Morgan fingerprint density at radius 1 is 1.32 bits per heavy atom. The van der Waals surface area contributed by atoms with Crippen LogP contribution >= 0.6 is 22.7 Å². The quantitative estimate of drug-likeness (QED) is 0.810. The number of hydrogen-bond donors (Lipinski definition) is 2. The van der Waals surface area contributed by atoms with Crippen LogP contribution in [0, 0.1) is 5.92 Å². The van der Waals surface area contributed by atoms with Gasteiger partial charge in [-0.05, 0) is 35.2 Å². The van der Waals surface area contributed by atoms with Crippen LogP contribution in [0.15, 0.2) is 29.0 Å². The highest BCUT2D eigenvalue weighted by atomic mass is 32.1. The molecule has 1 atom stereocenters. The maximum Gasteiger partial charge on any atom is 0.0445 e. The largest absolute Gasteiger partial charge is 0.396 e. The minimum absolute atomic E-state index is 0.251. The van der Waals surface area contributed by atoms with Gasteiger partial charge in [0.05, 0.1) is 0 Å².